The number of hydrogen-bond donors (Lipinski definition) is 1. The Hall–Kier alpha value is -2.23. The third kappa shape index (κ3) is 4.85. The van der Waals surface area contributed by atoms with Crippen molar-refractivity contribution in [1.29, 1.82) is 0 Å². The van der Waals surface area contributed by atoms with Gasteiger partial charge in [0, 0.05) is 17.6 Å². The topological polar surface area (TPSA) is 75.7 Å². The van der Waals surface area contributed by atoms with Crippen molar-refractivity contribution in [2.24, 2.45) is 0 Å². The van der Waals surface area contributed by atoms with Crippen LogP contribution in [0.4, 0.5) is 0 Å². The van der Waals surface area contributed by atoms with E-state index in [9.17, 15) is 13.2 Å². The van der Waals surface area contributed by atoms with Crippen molar-refractivity contribution < 1.29 is 18.0 Å². The van der Waals surface area contributed by atoms with Gasteiger partial charge in [0.1, 0.15) is 0 Å². The van der Waals surface area contributed by atoms with Crippen LogP contribution in [0.5, 0.6) is 0 Å². The van der Waals surface area contributed by atoms with Crippen LogP contribution >= 0.6 is 22.9 Å². The highest BCUT2D eigenvalue weighted by atomic mass is 35.5. The Balaban J connectivity index is 1.84. The zero-order valence-electron chi connectivity index (χ0n) is 15.7. The first kappa shape index (κ1) is 21.5. The van der Waals surface area contributed by atoms with Crippen molar-refractivity contribution >= 4 is 38.9 Å². The lowest BCUT2D eigenvalue weighted by Gasteiger charge is -2.19. The first-order chi connectivity index (χ1) is 13.8. The van der Waals surface area contributed by atoms with Gasteiger partial charge < -0.3 is 5.32 Å². The second-order valence-corrected chi connectivity index (χ2v) is 9.29. The van der Waals surface area contributed by atoms with Crippen LogP contribution in [0, 0.1) is 0 Å². The lowest BCUT2D eigenvalue weighted by Crippen LogP contribution is -2.29. The van der Waals surface area contributed by atoms with E-state index >= 15 is 0 Å². The van der Waals surface area contributed by atoms with E-state index in [0.29, 0.717) is 10.6 Å². The van der Waals surface area contributed by atoms with E-state index in [-0.39, 0.29) is 16.8 Å². The number of sulfonamides is 1. The van der Waals surface area contributed by atoms with Gasteiger partial charge in [-0.25, -0.2) is 8.42 Å². The number of carbonyl (C=O) groups is 1. The molecule has 29 heavy (non-hydrogen) atoms. The minimum absolute atomic E-state index is 0.0329. The SMILES string of the molecule is CON(C)S(=O)(=O)c1ccc(C(=O)NC(c2ccc(Cl)cc2)c2ccsc2)cc1. The summed E-state index contributed by atoms with van der Waals surface area (Å²) in [6.45, 7) is 0. The van der Waals surface area contributed by atoms with Gasteiger partial charge in [0.05, 0.1) is 18.0 Å². The molecular formula is C20H19ClN2O4S2. The summed E-state index contributed by atoms with van der Waals surface area (Å²) in [4.78, 5) is 17.6. The Labute approximate surface area is 178 Å². The number of hydroxylamine groups is 1. The fraction of sp³-hybridized carbons (Fsp3) is 0.150. The number of amides is 1. The van der Waals surface area contributed by atoms with Gasteiger partial charge in [-0.2, -0.15) is 11.3 Å². The van der Waals surface area contributed by atoms with Crippen LogP contribution in [-0.4, -0.2) is 33.0 Å². The normalized spacial score (nSPS) is 12.7. The molecule has 3 rings (SSSR count). The van der Waals surface area contributed by atoms with Crippen LogP contribution in [0.15, 0.2) is 70.3 Å². The lowest BCUT2D eigenvalue weighted by molar-refractivity contribution is -0.0258. The van der Waals surface area contributed by atoms with Crippen molar-refractivity contribution in [2.75, 3.05) is 14.2 Å². The summed E-state index contributed by atoms with van der Waals surface area (Å²) in [5.41, 5.74) is 2.19. The van der Waals surface area contributed by atoms with Crippen LogP contribution < -0.4 is 5.32 Å². The van der Waals surface area contributed by atoms with Crippen molar-refractivity contribution in [2.45, 2.75) is 10.9 Å². The van der Waals surface area contributed by atoms with Gasteiger partial charge in [-0.3, -0.25) is 9.63 Å². The lowest BCUT2D eigenvalue weighted by atomic mass is 10.0. The zero-order chi connectivity index (χ0) is 21.0. The van der Waals surface area contributed by atoms with Gasteiger partial charge in [0.15, 0.2) is 0 Å². The summed E-state index contributed by atoms with van der Waals surface area (Å²) >= 11 is 7.52. The van der Waals surface area contributed by atoms with Gasteiger partial charge in [0.2, 0.25) is 0 Å². The maximum atomic E-state index is 12.8. The summed E-state index contributed by atoms with van der Waals surface area (Å²) in [6, 6.07) is 14.6. The molecule has 1 unspecified atom stereocenters. The zero-order valence-corrected chi connectivity index (χ0v) is 18.1. The molecule has 1 N–H and O–H groups in total. The summed E-state index contributed by atoms with van der Waals surface area (Å²) in [5, 5.41) is 7.53. The number of halogens is 1. The molecule has 0 saturated carbocycles. The highest BCUT2D eigenvalue weighted by molar-refractivity contribution is 7.89. The quantitative estimate of drug-likeness (QED) is 0.550. The van der Waals surface area contributed by atoms with Gasteiger partial charge in [-0.15, -0.1) is 0 Å². The first-order valence-corrected chi connectivity index (χ1v) is 11.3. The summed E-state index contributed by atoms with van der Waals surface area (Å²) < 4.78 is 25.3. The number of carbonyl (C=O) groups excluding carboxylic acids is 1. The third-order valence-corrected chi connectivity index (χ3v) is 7.01. The smallest absolute Gasteiger partial charge is 0.264 e. The molecule has 6 nitrogen and oxygen atoms in total. The maximum absolute atomic E-state index is 12.8. The number of nitrogens with one attached hydrogen (secondary N) is 1. The first-order valence-electron chi connectivity index (χ1n) is 8.54. The predicted molar refractivity (Wildman–Crippen MR) is 113 cm³/mol. The average molecular weight is 451 g/mol. The number of hydrogen-bond acceptors (Lipinski definition) is 5. The Bertz CT molecular complexity index is 1070. The van der Waals surface area contributed by atoms with Crippen LogP contribution in [0.1, 0.15) is 27.5 Å². The summed E-state index contributed by atoms with van der Waals surface area (Å²) in [6.07, 6.45) is 0. The summed E-state index contributed by atoms with van der Waals surface area (Å²) in [7, 11) is -1.21. The van der Waals surface area contributed by atoms with Gasteiger partial charge >= 0.3 is 0 Å². The molecule has 0 radical (unpaired) electrons. The monoisotopic (exact) mass is 450 g/mol. The molecule has 9 heteroatoms. The Morgan fingerprint density at radius 1 is 1.07 bits per heavy atom. The highest BCUT2D eigenvalue weighted by Crippen LogP contribution is 2.26. The molecule has 0 fully saturated rings. The predicted octanol–water partition coefficient (Wildman–Crippen LogP) is 4.10. The number of nitrogens with zero attached hydrogens (tertiary/aromatic N) is 1. The largest absolute Gasteiger partial charge is 0.341 e. The van der Waals surface area contributed by atoms with Crippen LogP contribution in [0.3, 0.4) is 0 Å². The van der Waals surface area contributed by atoms with Gasteiger partial charge in [0.25, 0.3) is 15.9 Å². The molecule has 1 heterocycles. The number of rotatable bonds is 7. The fourth-order valence-corrected chi connectivity index (χ4v) is 4.48. The molecule has 1 atom stereocenters. The van der Waals surface area contributed by atoms with E-state index in [4.69, 9.17) is 16.4 Å². The van der Waals surface area contributed by atoms with Crippen molar-refractivity contribution in [3.8, 4) is 0 Å². The molecule has 152 valence electrons. The minimum Gasteiger partial charge on any atom is -0.341 e. The van der Waals surface area contributed by atoms with Crippen molar-refractivity contribution in [3.05, 3.63) is 87.1 Å². The number of benzene rings is 2. The van der Waals surface area contributed by atoms with E-state index in [1.54, 1.807) is 12.1 Å². The van der Waals surface area contributed by atoms with Crippen LogP contribution in [-0.2, 0) is 14.9 Å². The Morgan fingerprint density at radius 2 is 1.72 bits per heavy atom. The molecule has 1 amide bonds. The van der Waals surface area contributed by atoms with Crippen LogP contribution in [0.2, 0.25) is 5.02 Å². The third-order valence-electron chi connectivity index (χ3n) is 4.37. The molecule has 0 spiro atoms. The van der Waals surface area contributed by atoms with Gasteiger partial charge in [-0.1, -0.05) is 28.2 Å². The second kappa shape index (κ2) is 9.06. The standard InChI is InChI=1S/C20H19ClN2O4S2/c1-23(27-2)29(25,26)18-9-5-15(6-10-18)20(24)22-19(16-11-12-28-13-16)14-3-7-17(21)8-4-14/h3-13,19H,1-2H3,(H,22,24). The molecule has 0 saturated heterocycles. The molecule has 0 bridgehead atoms. The van der Waals surface area contributed by atoms with E-state index in [1.807, 2.05) is 29.0 Å². The Kier molecular flexibility index (Phi) is 6.71. The van der Waals surface area contributed by atoms with Crippen molar-refractivity contribution in [1.82, 2.24) is 9.79 Å². The van der Waals surface area contributed by atoms with E-state index < -0.39 is 10.0 Å². The molecule has 2 aromatic carbocycles. The van der Waals surface area contributed by atoms with E-state index in [0.717, 1.165) is 15.6 Å². The average Bonchev–Trinajstić information content (AvgIpc) is 3.26. The summed E-state index contributed by atoms with van der Waals surface area (Å²) in [5.74, 6) is -0.319. The highest BCUT2D eigenvalue weighted by Gasteiger charge is 2.22. The molecule has 3 aromatic rings. The fourth-order valence-electron chi connectivity index (χ4n) is 2.69. The minimum atomic E-state index is -3.77. The van der Waals surface area contributed by atoms with Gasteiger partial charge in [-0.05, 0) is 64.4 Å². The molecule has 0 aliphatic carbocycles. The maximum Gasteiger partial charge on any atom is 0.264 e. The Morgan fingerprint density at radius 3 is 2.28 bits per heavy atom. The second-order valence-electron chi connectivity index (χ2n) is 6.14. The molecule has 1 aromatic heterocycles. The van der Waals surface area contributed by atoms with Crippen molar-refractivity contribution in [3.63, 3.8) is 0 Å². The molecule has 0 aliphatic rings. The molecular weight excluding hydrogens is 432 g/mol. The molecule has 0 aliphatic heterocycles. The number of thiophene rings is 1. The van der Waals surface area contributed by atoms with E-state index in [1.165, 1.54) is 49.8 Å². The van der Waals surface area contributed by atoms with Crippen LogP contribution in [0.25, 0.3) is 0 Å². The van der Waals surface area contributed by atoms with E-state index in [2.05, 4.69) is 5.32 Å².